The summed E-state index contributed by atoms with van der Waals surface area (Å²) in [7, 11) is 1.66. The lowest BCUT2D eigenvalue weighted by Gasteiger charge is -2.13. The molecule has 1 aromatic rings. The molecule has 2 rings (SSSR count). The Bertz CT molecular complexity index is 364. The Morgan fingerprint density at radius 3 is 2.59 bits per heavy atom. The number of halogens is 1. The number of nitrogens with two attached hydrogens (primary N) is 1. The number of rotatable bonds is 5. The average molecular weight is 258 g/mol. The monoisotopic (exact) mass is 257 g/mol. The molecule has 1 aliphatic rings. The third-order valence-corrected chi connectivity index (χ3v) is 2.88. The van der Waals surface area contributed by atoms with Crippen molar-refractivity contribution >= 4 is 12.4 Å². The van der Waals surface area contributed by atoms with E-state index in [9.17, 15) is 0 Å². The minimum Gasteiger partial charge on any atom is -0.493 e. The van der Waals surface area contributed by atoms with Crippen LogP contribution in [-0.4, -0.2) is 13.7 Å². The van der Waals surface area contributed by atoms with Gasteiger partial charge in [-0.3, -0.25) is 0 Å². The van der Waals surface area contributed by atoms with Crippen LogP contribution in [0.5, 0.6) is 11.5 Å². The first kappa shape index (κ1) is 14.1. The Morgan fingerprint density at radius 2 is 2.06 bits per heavy atom. The third-order valence-electron chi connectivity index (χ3n) is 2.88. The van der Waals surface area contributed by atoms with Gasteiger partial charge in [0.05, 0.1) is 13.7 Å². The molecule has 1 fully saturated rings. The van der Waals surface area contributed by atoms with Gasteiger partial charge in [0, 0.05) is 6.04 Å². The van der Waals surface area contributed by atoms with Crippen LogP contribution in [0, 0.1) is 5.92 Å². The zero-order valence-electron chi connectivity index (χ0n) is 10.3. The normalized spacial score (nSPS) is 15.9. The molecule has 96 valence electrons. The molecule has 1 aromatic carbocycles. The Hall–Kier alpha value is -0.930. The summed E-state index contributed by atoms with van der Waals surface area (Å²) in [5, 5.41) is 0. The van der Waals surface area contributed by atoms with Crippen molar-refractivity contribution in [3.63, 3.8) is 0 Å². The van der Waals surface area contributed by atoms with E-state index < -0.39 is 0 Å². The Kier molecular flexibility index (Phi) is 5.09. The lowest BCUT2D eigenvalue weighted by Crippen LogP contribution is -2.06. The van der Waals surface area contributed by atoms with Crippen LogP contribution in [0.2, 0.25) is 0 Å². The van der Waals surface area contributed by atoms with Crippen molar-refractivity contribution < 1.29 is 9.47 Å². The maximum Gasteiger partial charge on any atom is 0.161 e. The van der Waals surface area contributed by atoms with Crippen LogP contribution >= 0.6 is 12.4 Å². The molecule has 0 heterocycles. The molecule has 4 heteroatoms. The number of ether oxygens (including phenoxy) is 2. The Labute approximate surface area is 109 Å². The summed E-state index contributed by atoms with van der Waals surface area (Å²) in [6.07, 6.45) is 2.58. The summed E-state index contributed by atoms with van der Waals surface area (Å²) in [6.45, 7) is 2.76. The van der Waals surface area contributed by atoms with Gasteiger partial charge in [-0.2, -0.15) is 0 Å². The quantitative estimate of drug-likeness (QED) is 0.882. The highest BCUT2D eigenvalue weighted by atomic mass is 35.5. The van der Waals surface area contributed by atoms with Crippen LogP contribution in [0.4, 0.5) is 0 Å². The first-order chi connectivity index (χ1) is 7.70. The minimum atomic E-state index is 0. The number of methoxy groups -OCH3 is 1. The van der Waals surface area contributed by atoms with Crippen molar-refractivity contribution in [3.8, 4) is 11.5 Å². The van der Waals surface area contributed by atoms with Gasteiger partial charge < -0.3 is 15.2 Å². The van der Waals surface area contributed by atoms with Gasteiger partial charge in [-0.15, -0.1) is 12.4 Å². The highest BCUT2D eigenvalue weighted by molar-refractivity contribution is 5.85. The summed E-state index contributed by atoms with van der Waals surface area (Å²) < 4.78 is 11.0. The van der Waals surface area contributed by atoms with Crippen molar-refractivity contribution in [2.75, 3.05) is 13.7 Å². The fraction of sp³-hybridized carbons (Fsp3) is 0.538. The molecule has 0 saturated heterocycles. The second kappa shape index (κ2) is 6.12. The number of hydrogen-bond donors (Lipinski definition) is 1. The van der Waals surface area contributed by atoms with Crippen molar-refractivity contribution in [3.05, 3.63) is 23.8 Å². The summed E-state index contributed by atoms with van der Waals surface area (Å²) in [5.74, 6) is 2.34. The van der Waals surface area contributed by atoms with E-state index in [2.05, 4.69) is 0 Å². The van der Waals surface area contributed by atoms with Crippen LogP contribution in [0.1, 0.15) is 31.4 Å². The first-order valence-corrected chi connectivity index (χ1v) is 5.77. The van der Waals surface area contributed by atoms with Crippen LogP contribution in [-0.2, 0) is 0 Å². The van der Waals surface area contributed by atoms with Gasteiger partial charge >= 0.3 is 0 Å². The van der Waals surface area contributed by atoms with Crippen molar-refractivity contribution in [2.24, 2.45) is 11.7 Å². The summed E-state index contributed by atoms with van der Waals surface area (Å²) in [6, 6.07) is 5.91. The van der Waals surface area contributed by atoms with Gasteiger partial charge in [0.15, 0.2) is 11.5 Å². The fourth-order valence-electron chi connectivity index (χ4n) is 1.58. The molecule has 17 heavy (non-hydrogen) atoms. The summed E-state index contributed by atoms with van der Waals surface area (Å²) >= 11 is 0. The van der Waals surface area contributed by atoms with E-state index in [1.165, 1.54) is 12.8 Å². The van der Waals surface area contributed by atoms with Gasteiger partial charge in [0.25, 0.3) is 0 Å². The molecular weight excluding hydrogens is 238 g/mol. The van der Waals surface area contributed by atoms with Crippen LogP contribution in [0.15, 0.2) is 18.2 Å². The molecule has 0 bridgehead atoms. The van der Waals surface area contributed by atoms with Crippen molar-refractivity contribution in [1.82, 2.24) is 0 Å². The maximum atomic E-state index is 5.82. The van der Waals surface area contributed by atoms with E-state index in [-0.39, 0.29) is 18.4 Å². The molecule has 0 unspecified atom stereocenters. The zero-order valence-corrected chi connectivity index (χ0v) is 11.1. The molecule has 0 radical (unpaired) electrons. The molecule has 1 saturated carbocycles. The van der Waals surface area contributed by atoms with Crippen molar-refractivity contribution in [2.45, 2.75) is 25.8 Å². The third kappa shape index (κ3) is 3.79. The van der Waals surface area contributed by atoms with Crippen LogP contribution in [0.3, 0.4) is 0 Å². The lowest BCUT2D eigenvalue weighted by atomic mass is 10.1. The van der Waals surface area contributed by atoms with Gasteiger partial charge in [0.2, 0.25) is 0 Å². The fourth-order valence-corrected chi connectivity index (χ4v) is 1.58. The number of hydrogen-bond acceptors (Lipinski definition) is 3. The summed E-state index contributed by atoms with van der Waals surface area (Å²) in [5.41, 5.74) is 6.89. The molecule has 1 atom stereocenters. The standard InChI is InChI=1S/C13H19NO2.ClH/c1-9(14)11-5-6-12(13(7-11)15-2)16-8-10-3-4-10;/h5-7,9-10H,3-4,8,14H2,1-2H3;1H/t9-;/m1./s1. The van der Waals surface area contributed by atoms with Gasteiger partial charge in [0.1, 0.15) is 0 Å². The maximum absolute atomic E-state index is 5.82. The molecule has 0 aliphatic heterocycles. The van der Waals surface area contributed by atoms with E-state index in [1.54, 1.807) is 7.11 Å². The molecule has 2 N–H and O–H groups in total. The van der Waals surface area contributed by atoms with Crippen LogP contribution in [0.25, 0.3) is 0 Å². The molecule has 0 aromatic heterocycles. The van der Waals surface area contributed by atoms with E-state index in [1.807, 2.05) is 25.1 Å². The van der Waals surface area contributed by atoms with Gasteiger partial charge in [-0.05, 0) is 43.4 Å². The van der Waals surface area contributed by atoms with Crippen LogP contribution < -0.4 is 15.2 Å². The molecule has 0 spiro atoms. The van der Waals surface area contributed by atoms with E-state index in [0.29, 0.717) is 0 Å². The highest BCUT2D eigenvalue weighted by Gasteiger charge is 2.22. The molecule has 3 nitrogen and oxygen atoms in total. The predicted octanol–water partition coefficient (Wildman–Crippen LogP) is 2.93. The smallest absolute Gasteiger partial charge is 0.161 e. The highest BCUT2D eigenvalue weighted by Crippen LogP contribution is 2.33. The van der Waals surface area contributed by atoms with Gasteiger partial charge in [-0.25, -0.2) is 0 Å². The second-order valence-corrected chi connectivity index (χ2v) is 4.45. The summed E-state index contributed by atoms with van der Waals surface area (Å²) in [4.78, 5) is 0. The molecular formula is C13H20ClNO2. The van der Waals surface area contributed by atoms with E-state index >= 15 is 0 Å². The Morgan fingerprint density at radius 1 is 1.35 bits per heavy atom. The van der Waals surface area contributed by atoms with E-state index in [0.717, 1.165) is 29.6 Å². The first-order valence-electron chi connectivity index (χ1n) is 5.77. The minimum absolute atomic E-state index is 0. The van der Waals surface area contributed by atoms with E-state index in [4.69, 9.17) is 15.2 Å². The SMILES string of the molecule is COc1cc([C@@H](C)N)ccc1OCC1CC1.Cl. The average Bonchev–Trinajstić information content (AvgIpc) is 3.09. The van der Waals surface area contributed by atoms with Crippen molar-refractivity contribution in [1.29, 1.82) is 0 Å². The molecule has 0 amide bonds. The topological polar surface area (TPSA) is 44.5 Å². The molecule has 1 aliphatic carbocycles. The van der Waals surface area contributed by atoms with Gasteiger partial charge in [-0.1, -0.05) is 6.07 Å². The number of benzene rings is 1. The second-order valence-electron chi connectivity index (χ2n) is 4.45. The largest absolute Gasteiger partial charge is 0.493 e. The predicted molar refractivity (Wildman–Crippen MR) is 71.1 cm³/mol. The lowest BCUT2D eigenvalue weighted by molar-refractivity contribution is 0.280. The Balaban J connectivity index is 0.00000144. The zero-order chi connectivity index (χ0) is 11.5.